The SMILES string of the molecule is CC(C)C[C@H](NC(=O)[C@H](C)N)C(=O)N1CCC[C@H]1C(=O)N[C@@H](Cc1ccc(O)cc1)C(=O)N[C@@H](Cc1c[nH]c2ccccc12)C(=O)N[C@@H](CC(N)=O)C(=O)N[C@@H](Cc1ccccc1)C(=O)N[C@@H](C)C(=O)N[C@H](C(=O)NCC(=O)N[C@@H](CCCN=C(N)N)C(=O)O)[C@@H](C)O. The molecule has 1 aliphatic heterocycles. The summed E-state index contributed by atoms with van der Waals surface area (Å²) in [6.45, 7) is 7.04. The van der Waals surface area contributed by atoms with Gasteiger partial charge in [-0.25, -0.2) is 4.79 Å². The number of rotatable bonds is 35. The summed E-state index contributed by atoms with van der Waals surface area (Å²) in [6.07, 6.45) is -0.594. The molecule has 1 aromatic heterocycles. The molecule has 504 valence electrons. The molecule has 3 aromatic carbocycles. The number of likely N-dealkylation sites (tertiary alicyclic amines) is 1. The number of carbonyl (C=O) groups excluding carboxylic acids is 11. The largest absolute Gasteiger partial charge is 0.508 e. The van der Waals surface area contributed by atoms with Crippen LogP contribution in [0.25, 0.3) is 10.9 Å². The molecule has 31 nitrogen and oxygen atoms in total. The standard InChI is InChI=1S/C62H86N16O15/c1-32(2)25-47(76-52(83)33(3)63)60(91)78-24-12-18-48(78)58(89)75-44(27-37-19-21-39(80)22-20-37)55(86)73-45(28-38-30-68-41-16-10-9-15-40(38)41)56(87)74-46(29-49(64)81)57(88)72-43(26-36-13-7-6-8-14-36)54(85)70-34(4)53(84)77-51(35(5)79)59(90)69-31-50(82)71-42(61(92)93)17-11-23-67-62(65)66/h6-10,13-16,19-22,30,32-35,42-48,51,68,79-80H,11-12,17-18,23-29,31,63H2,1-5H3,(H2,64,81)(H,69,90)(H,70,85)(H,71,82)(H,72,88)(H,73,86)(H,74,87)(H,75,89)(H,76,83)(H,77,84)(H,92,93)(H4,65,66,67)/t33-,34-,35+,42-,43-,44-,45-,46-,47-,48-,51-/m0/s1. The lowest BCUT2D eigenvalue weighted by molar-refractivity contribution is -0.142. The highest BCUT2D eigenvalue weighted by molar-refractivity contribution is 6.00. The van der Waals surface area contributed by atoms with Crippen LogP contribution in [0, 0.1) is 5.92 Å². The number of guanidine groups is 1. The Morgan fingerprint density at radius 2 is 1.20 bits per heavy atom. The first-order chi connectivity index (χ1) is 44.0. The molecule has 0 saturated carbocycles. The van der Waals surface area contributed by atoms with Crippen LogP contribution in [0.15, 0.2) is 90.1 Å². The summed E-state index contributed by atoms with van der Waals surface area (Å²) < 4.78 is 0. The smallest absolute Gasteiger partial charge is 0.326 e. The quantitative estimate of drug-likeness (QED) is 0.0122. The summed E-state index contributed by atoms with van der Waals surface area (Å²) >= 11 is 0. The number of nitrogens with zero attached hydrogens (tertiary/aromatic N) is 2. The minimum atomic E-state index is -1.83. The van der Waals surface area contributed by atoms with E-state index in [9.17, 15) is 72.9 Å². The van der Waals surface area contributed by atoms with Crippen molar-refractivity contribution in [3.05, 3.63) is 102 Å². The molecule has 11 amide bonds. The molecule has 21 N–H and O–H groups in total. The van der Waals surface area contributed by atoms with Gasteiger partial charge in [-0.15, -0.1) is 0 Å². The molecule has 93 heavy (non-hydrogen) atoms. The average Bonchev–Trinajstić information content (AvgIpc) is 1.76. The van der Waals surface area contributed by atoms with E-state index in [1.807, 2.05) is 13.8 Å². The van der Waals surface area contributed by atoms with Gasteiger partial charge in [0.05, 0.1) is 25.1 Å². The monoisotopic (exact) mass is 1290 g/mol. The van der Waals surface area contributed by atoms with Crippen molar-refractivity contribution in [1.82, 2.24) is 57.7 Å². The molecule has 0 bridgehead atoms. The van der Waals surface area contributed by atoms with Crippen molar-refractivity contribution in [3.8, 4) is 5.75 Å². The van der Waals surface area contributed by atoms with Crippen LogP contribution in [0.4, 0.5) is 0 Å². The lowest BCUT2D eigenvalue weighted by atomic mass is 10.0. The van der Waals surface area contributed by atoms with E-state index in [2.05, 4.69) is 57.8 Å². The number of phenolic OH excluding ortho intramolecular Hbond substituents is 1. The maximum Gasteiger partial charge on any atom is 0.326 e. The van der Waals surface area contributed by atoms with E-state index in [1.54, 1.807) is 60.8 Å². The summed E-state index contributed by atoms with van der Waals surface area (Å²) in [5, 5.41) is 53.4. The topological polar surface area (TPSA) is 509 Å². The Hall–Kier alpha value is -10.2. The molecule has 0 spiro atoms. The van der Waals surface area contributed by atoms with Crippen molar-refractivity contribution in [2.75, 3.05) is 19.6 Å². The Morgan fingerprint density at radius 3 is 1.81 bits per heavy atom. The number of aliphatic hydroxyl groups excluding tert-OH is 1. The molecule has 0 aliphatic carbocycles. The Labute approximate surface area is 536 Å². The number of hydrogen-bond acceptors (Lipinski definition) is 16. The van der Waals surface area contributed by atoms with Crippen molar-refractivity contribution >= 4 is 87.8 Å². The molecule has 1 saturated heterocycles. The van der Waals surface area contributed by atoms with Crippen molar-refractivity contribution in [2.24, 2.45) is 33.8 Å². The summed E-state index contributed by atoms with van der Waals surface area (Å²) in [7, 11) is 0. The number of phenols is 1. The number of aliphatic carboxylic acids is 1. The zero-order valence-corrected chi connectivity index (χ0v) is 52.4. The summed E-state index contributed by atoms with van der Waals surface area (Å²) in [6, 6.07) is 6.95. The fourth-order valence-corrected chi connectivity index (χ4v) is 10.2. The first-order valence-electron chi connectivity index (χ1n) is 30.4. The molecule has 4 aromatic rings. The van der Waals surface area contributed by atoms with E-state index in [-0.39, 0.29) is 75.7 Å². The number of primary amides is 1. The predicted octanol–water partition coefficient (Wildman–Crippen LogP) is -3.31. The van der Waals surface area contributed by atoms with E-state index < -0.39 is 150 Å². The van der Waals surface area contributed by atoms with E-state index in [4.69, 9.17) is 22.9 Å². The Kier molecular flexibility index (Phi) is 28.0. The number of aromatic nitrogens is 1. The number of aliphatic hydroxyl groups is 1. The van der Waals surface area contributed by atoms with E-state index in [0.29, 0.717) is 34.0 Å². The van der Waals surface area contributed by atoms with Crippen LogP contribution >= 0.6 is 0 Å². The Balaban J connectivity index is 1.38. The number of nitrogens with two attached hydrogens (primary N) is 4. The zero-order chi connectivity index (χ0) is 68.6. The first kappa shape index (κ1) is 73.6. The van der Waals surface area contributed by atoms with Gasteiger partial charge in [0.15, 0.2) is 5.96 Å². The van der Waals surface area contributed by atoms with Crippen molar-refractivity contribution in [2.45, 2.75) is 159 Å². The van der Waals surface area contributed by atoms with Gasteiger partial charge in [-0.05, 0) is 93.7 Å². The van der Waals surface area contributed by atoms with Crippen LogP contribution in [0.1, 0.15) is 89.8 Å². The molecular formula is C62H86N16O15. The summed E-state index contributed by atoms with van der Waals surface area (Å²) in [5.41, 5.74) is 24.2. The number of para-hydroxylation sites is 1. The Bertz CT molecular complexity index is 3320. The van der Waals surface area contributed by atoms with Crippen LogP contribution < -0.4 is 70.8 Å². The summed E-state index contributed by atoms with van der Waals surface area (Å²) in [4.78, 5) is 172. The van der Waals surface area contributed by atoms with Crippen molar-refractivity contribution < 1.29 is 72.9 Å². The third-order valence-electron chi connectivity index (χ3n) is 15.1. The number of hydrogen-bond donors (Lipinski definition) is 17. The predicted molar refractivity (Wildman–Crippen MR) is 339 cm³/mol. The van der Waals surface area contributed by atoms with Gasteiger partial charge in [0.1, 0.15) is 60.1 Å². The number of carbonyl (C=O) groups is 12. The molecule has 1 fully saturated rings. The number of aliphatic imine (C=N–C) groups is 1. The number of benzene rings is 3. The van der Waals surface area contributed by atoms with E-state index in [1.165, 1.54) is 43.0 Å². The van der Waals surface area contributed by atoms with Crippen LogP contribution in [0.5, 0.6) is 5.75 Å². The number of fused-ring (bicyclic) bond motifs is 1. The normalized spacial score (nSPS) is 16.0. The number of carboxylic acid groups (broad SMARTS) is 1. The average molecular weight is 1300 g/mol. The van der Waals surface area contributed by atoms with E-state index >= 15 is 0 Å². The lowest BCUT2D eigenvalue weighted by Crippen LogP contribution is -2.61. The molecule has 5 rings (SSSR count). The second kappa shape index (κ2) is 35.4. The van der Waals surface area contributed by atoms with Gasteiger partial charge < -0.3 is 96.0 Å². The van der Waals surface area contributed by atoms with Crippen LogP contribution in [-0.4, -0.2) is 188 Å². The molecule has 1 aliphatic rings. The third kappa shape index (κ3) is 23.2. The maximum absolute atomic E-state index is 14.9. The molecule has 31 heteroatoms. The minimum absolute atomic E-state index is 0.0533. The lowest BCUT2D eigenvalue weighted by Gasteiger charge is -2.31. The zero-order valence-electron chi connectivity index (χ0n) is 52.4. The van der Waals surface area contributed by atoms with Gasteiger partial charge in [-0.3, -0.25) is 57.7 Å². The van der Waals surface area contributed by atoms with Gasteiger partial charge in [0, 0.05) is 49.5 Å². The van der Waals surface area contributed by atoms with Gasteiger partial charge in [0.2, 0.25) is 65.0 Å². The number of nitrogens with one attached hydrogen (secondary N) is 10. The van der Waals surface area contributed by atoms with E-state index in [0.717, 1.165) is 6.92 Å². The highest BCUT2D eigenvalue weighted by atomic mass is 16.4. The fourth-order valence-electron chi connectivity index (χ4n) is 10.2. The van der Waals surface area contributed by atoms with Crippen LogP contribution in [-0.2, 0) is 76.8 Å². The van der Waals surface area contributed by atoms with Crippen LogP contribution in [0.2, 0.25) is 0 Å². The second-order valence-corrected chi connectivity index (χ2v) is 23.3. The third-order valence-corrected chi connectivity index (χ3v) is 15.1. The van der Waals surface area contributed by atoms with Gasteiger partial charge >= 0.3 is 5.97 Å². The molecule has 0 unspecified atom stereocenters. The molecular weight excluding hydrogens is 1210 g/mol. The second-order valence-electron chi connectivity index (χ2n) is 23.3. The highest BCUT2D eigenvalue weighted by Gasteiger charge is 2.41. The van der Waals surface area contributed by atoms with Crippen LogP contribution in [0.3, 0.4) is 0 Å². The maximum atomic E-state index is 14.9. The number of carboxylic acids is 1. The van der Waals surface area contributed by atoms with Gasteiger partial charge in [-0.1, -0.05) is 74.5 Å². The van der Waals surface area contributed by atoms with Crippen molar-refractivity contribution in [3.63, 3.8) is 0 Å². The summed E-state index contributed by atoms with van der Waals surface area (Å²) in [5.74, 6) is -11.7. The number of aromatic amines is 1. The highest BCUT2D eigenvalue weighted by Crippen LogP contribution is 2.23. The minimum Gasteiger partial charge on any atom is -0.508 e. The number of H-pyrrole nitrogens is 1. The molecule has 11 atom stereocenters. The fraction of sp³-hybridized carbons (Fsp3) is 0.468. The van der Waals surface area contributed by atoms with Gasteiger partial charge in [0.25, 0.3) is 0 Å². The first-order valence-corrected chi connectivity index (χ1v) is 30.4. The number of aromatic hydroxyl groups is 1. The molecule has 0 radical (unpaired) electrons. The number of amides is 11. The molecule has 2 heterocycles. The van der Waals surface area contributed by atoms with Crippen molar-refractivity contribution in [1.29, 1.82) is 0 Å². The van der Waals surface area contributed by atoms with Gasteiger partial charge in [-0.2, -0.15) is 0 Å². The Morgan fingerprint density at radius 1 is 0.634 bits per heavy atom.